The Hall–Kier alpha value is -1.05. The monoisotopic (exact) mass is 202 g/mol. The highest BCUT2D eigenvalue weighted by molar-refractivity contribution is 6.33. The molecule has 12 heavy (non-hydrogen) atoms. The van der Waals surface area contributed by atoms with Crippen molar-refractivity contribution in [1.29, 1.82) is 5.26 Å². The molecular weight excluding hydrogens is 199 g/mol. The largest absolute Gasteiger partial charge is 0.372 e. The van der Waals surface area contributed by atoms with Gasteiger partial charge in [-0.05, 0) is 11.6 Å². The summed E-state index contributed by atoms with van der Waals surface area (Å²) in [7, 11) is 1.62. The Kier molecular flexibility index (Phi) is 2.69. The number of anilines is 1. The van der Waals surface area contributed by atoms with E-state index in [0.717, 1.165) is 0 Å². The van der Waals surface area contributed by atoms with Crippen molar-refractivity contribution in [1.82, 2.24) is 9.97 Å². The number of nitrogens with one attached hydrogen (secondary N) is 1. The van der Waals surface area contributed by atoms with Crippen LogP contribution in [-0.2, 0) is 0 Å². The molecule has 0 bridgehead atoms. The average Bonchev–Trinajstić information content (AvgIpc) is 2.03. The molecule has 4 nitrogen and oxygen atoms in total. The second-order valence-corrected chi connectivity index (χ2v) is 2.56. The molecular formula is C6H4Cl2N4. The minimum atomic E-state index is 0.0170. The summed E-state index contributed by atoms with van der Waals surface area (Å²) < 4.78 is 0. The molecule has 0 unspecified atom stereocenters. The van der Waals surface area contributed by atoms with Crippen molar-refractivity contribution >= 4 is 29.0 Å². The number of nitriles is 1. The zero-order valence-corrected chi connectivity index (χ0v) is 7.61. The van der Waals surface area contributed by atoms with Crippen molar-refractivity contribution in [3.05, 3.63) is 16.0 Å². The van der Waals surface area contributed by atoms with Crippen molar-refractivity contribution in [2.75, 3.05) is 12.4 Å². The molecule has 1 rings (SSSR count). The average molecular weight is 203 g/mol. The lowest BCUT2D eigenvalue weighted by Gasteiger charge is -2.02. The number of nitrogens with zero attached hydrogens (tertiary/aromatic N) is 3. The Balaban J connectivity index is 3.36. The van der Waals surface area contributed by atoms with E-state index in [2.05, 4.69) is 15.3 Å². The van der Waals surface area contributed by atoms with Crippen molar-refractivity contribution in [2.24, 2.45) is 0 Å². The van der Waals surface area contributed by atoms with E-state index >= 15 is 0 Å². The molecule has 0 fully saturated rings. The number of halogens is 2. The number of aromatic nitrogens is 2. The first-order chi connectivity index (χ1) is 5.69. The molecule has 62 valence electrons. The van der Waals surface area contributed by atoms with Gasteiger partial charge in [0.1, 0.15) is 17.5 Å². The maximum atomic E-state index is 8.62. The smallest absolute Gasteiger partial charge is 0.225 e. The first kappa shape index (κ1) is 9.04. The quantitative estimate of drug-likeness (QED) is 0.557. The summed E-state index contributed by atoms with van der Waals surface area (Å²) in [4.78, 5) is 7.37. The van der Waals surface area contributed by atoms with Crippen molar-refractivity contribution < 1.29 is 0 Å². The molecule has 1 heterocycles. The van der Waals surface area contributed by atoms with Gasteiger partial charge in [-0.1, -0.05) is 11.6 Å². The molecule has 0 amide bonds. The van der Waals surface area contributed by atoms with E-state index < -0.39 is 0 Å². The molecule has 0 aliphatic carbocycles. The van der Waals surface area contributed by atoms with Crippen LogP contribution in [0.5, 0.6) is 0 Å². The fourth-order valence-electron chi connectivity index (χ4n) is 0.688. The Bertz CT molecular complexity index is 344. The highest BCUT2D eigenvalue weighted by Crippen LogP contribution is 2.20. The molecule has 0 saturated carbocycles. The van der Waals surface area contributed by atoms with Gasteiger partial charge >= 0.3 is 0 Å². The van der Waals surface area contributed by atoms with Crippen LogP contribution < -0.4 is 5.32 Å². The Morgan fingerprint density at radius 3 is 2.58 bits per heavy atom. The summed E-state index contributed by atoms with van der Waals surface area (Å²) in [6.07, 6.45) is 0. The maximum Gasteiger partial charge on any atom is 0.225 e. The lowest BCUT2D eigenvalue weighted by molar-refractivity contribution is 1.14. The van der Waals surface area contributed by atoms with E-state index in [4.69, 9.17) is 28.5 Å². The van der Waals surface area contributed by atoms with Crippen LogP contribution in [0, 0.1) is 11.3 Å². The standard InChI is InChI=1S/C6H4Cl2N4/c1-10-5-3(2-9)4(7)11-6(8)12-5/h1H3,(H,10,11,12). The van der Waals surface area contributed by atoms with E-state index in [1.807, 2.05) is 6.07 Å². The van der Waals surface area contributed by atoms with Gasteiger partial charge in [0, 0.05) is 7.05 Å². The van der Waals surface area contributed by atoms with Crippen LogP contribution in [0.15, 0.2) is 0 Å². The summed E-state index contributed by atoms with van der Waals surface area (Å²) in [6.45, 7) is 0. The summed E-state index contributed by atoms with van der Waals surface area (Å²) >= 11 is 11.1. The van der Waals surface area contributed by atoms with Crippen LogP contribution >= 0.6 is 23.2 Å². The fraction of sp³-hybridized carbons (Fsp3) is 0.167. The van der Waals surface area contributed by atoms with Gasteiger partial charge in [-0.25, -0.2) is 4.98 Å². The SMILES string of the molecule is CNc1nc(Cl)nc(Cl)c1C#N. The lowest BCUT2D eigenvalue weighted by Crippen LogP contribution is -1.99. The Labute approximate surface area is 79.1 Å². The molecule has 0 aliphatic rings. The predicted molar refractivity (Wildman–Crippen MR) is 46.3 cm³/mol. The van der Waals surface area contributed by atoms with Gasteiger partial charge < -0.3 is 5.32 Å². The minimum Gasteiger partial charge on any atom is -0.372 e. The summed E-state index contributed by atoms with van der Waals surface area (Å²) in [5.74, 6) is 0.336. The molecule has 0 spiro atoms. The van der Waals surface area contributed by atoms with Gasteiger partial charge in [0.25, 0.3) is 0 Å². The minimum absolute atomic E-state index is 0.0170. The van der Waals surface area contributed by atoms with Gasteiger partial charge in [-0.3, -0.25) is 0 Å². The normalized spacial score (nSPS) is 9.17. The van der Waals surface area contributed by atoms with E-state index in [0.29, 0.717) is 5.82 Å². The lowest BCUT2D eigenvalue weighted by atomic mass is 10.3. The summed E-state index contributed by atoms with van der Waals surface area (Å²) in [6, 6.07) is 1.86. The fourth-order valence-corrected chi connectivity index (χ4v) is 1.11. The summed E-state index contributed by atoms with van der Waals surface area (Å²) in [5, 5.41) is 11.4. The Morgan fingerprint density at radius 1 is 1.42 bits per heavy atom. The van der Waals surface area contributed by atoms with Gasteiger partial charge in [0.15, 0.2) is 5.15 Å². The zero-order valence-electron chi connectivity index (χ0n) is 6.10. The molecule has 6 heteroatoms. The third-order valence-corrected chi connectivity index (χ3v) is 1.63. The van der Waals surface area contributed by atoms with Crippen LogP contribution in [0.25, 0.3) is 0 Å². The van der Waals surface area contributed by atoms with Gasteiger partial charge in [0.2, 0.25) is 5.28 Å². The molecule has 0 radical (unpaired) electrons. The molecule has 0 atom stereocenters. The number of hydrogen-bond acceptors (Lipinski definition) is 4. The van der Waals surface area contributed by atoms with E-state index in [1.54, 1.807) is 7.05 Å². The first-order valence-electron chi connectivity index (χ1n) is 3.00. The molecule has 0 aliphatic heterocycles. The highest BCUT2D eigenvalue weighted by Gasteiger charge is 2.09. The molecule has 0 aromatic carbocycles. The van der Waals surface area contributed by atoms with Crippen LogP contribution in [0.3, 0.4) is 0 Å². The van der Waals surface area contributed by atoms with Crippen molar-refractivity contribution in [2.45, 2.75) is 0 Å². The Morgan fingerprint density at radius 2 is 2.08 bits per heavy atom. The van der Waals surface area contributed by atoms with E-state index in [1.165, 1.54) is 0 Å². The third-order valence-electron chi connectivity index (χ3n) is 1.19. The van der Waals surface area contributed by atoms with Crippen LogP contribution in [0.2, 0.25) is 10.4 Å². The number of rotatable bonds is 1. The van der Waals surface area contributed by atoms with Crippen molar-refractivity contribution in [3.8, 4) is 6.07 Å². The van der Waals surface area contributed by atoms with Gasteiger partial charge in [0.05, 0.1) is 0 Å². The molecule has 1 N–H and O–H groups in total. The molecule has 1 aromatic rings. The highest BCUT2D eigenvalue weighted by atomic mass is 35.5. The van der Waals surface area contributed by atoms with Crippen molar-refractivity contribution in [3.63, 3.8) is 0 Å². The van der Waals surface area contributed by atoms with Gasteiger partial charge in [-0.2, -0.15) is 10.2 Å². The summed E-state index contributed by atoms with van der Waals surface area (Å²) in [5.41, 5.74) is 0.198. The zero-order chi connectivity index (χ0) is 9.14. The van der Waals surface area contributed by atoms with E-state index in [9.17, 15) is 0 Å². The third kappa shape index (κ3) is 1.58. The maximum absolute atomic E-state index is 8.62. The van der Waals surface area contributed by atoms with Crippen LogP contribution in [0.1, 0.15) is 5.56 Å². The predicted octanol–water partition coefficient (Wildman–Crippen LogP) is 1.70. The van der Waals surface area contributed by atoms with E-state index in [-0.39, 0.29) is 16.0 Å². The first-order valence-corrected chi connectivity index (χ1v) is 3.75. The van der Waals surface area contributed by atoms with Gasteiger partial charge in [-0.15, -0.1) is 0 Å². The molecule has 0 saturated heterocycles. The topological polar surface area (TPSA) is 61.6 Å². The second kappa shape index (κ2) is 3.57. The van der Waals surface area contributed by atoms with Crippen LogP contribution in [0.4, 0.5) is 5.82 Å². The second-order valence-electron chi connectivity index (χ2n) is 1.87. The molecule has 1 aromatic heterocycles. The van der Waals surface area contributed by atoms with Crippen LogP contribution in [-0.4, -0.2) is 17.0 Å². The number of hydrogen-bond donors (Lipinski definition) is 1.